The second kappa shape index (κ2) is 7.54. The van der Waals surface area contributed by atoms with Gasteiger partial charge < -0.3 is 14.2 Å². The van der Waals surface area contributed by atoms with Crippen LogP contribution >= 0.6 is 23.2 Å². The molecule has 0 N–H and O–H groups in total. The Morgan fingerprint density at radius 3 is 2.53 bits per heavy atom. The summed E-state index contributed by atoms with van der Waals surface area (Å²) in [7, 11) is 3.28. The van der Waals surface area contributed by atoms with Gasteiger partial charge in [-0.2, -0.15) is 5.10 Å². The summed E-state index contributed by atoms with van der Waals surface area (Å²) in [6, 6.07) is 9.70. The first kappa shape index (κ1) is 19.8. The van der Waals surface area contributed by atoms with Gasteiger partial charge in [0, 0.05) is 35.4 Å². The fraction of sp³-hybridized carbons (Fsp3) is 0.435. The predicted molar refractivity (Wildman–Crippen MR) is 118 cm³/mol. The van der Waals surface area contributed by atoms with Gasteiger partial charge in [-0.1, -0.05) is 29.6 Å². The summed E-state index contributed by atoms with van der Waals surface area (Å²) in [5.41, 5.74) is 2.56. The molecule has 30 heavy (non-hydrogen) atoms. The van der Waals surface area contributed by atoms with E-state index in [9.17, 15) is 0 Å². The Balaban J connectivity index is 1.60. The summed E-state index contributed by atoms with van der Waals surface area (Å²) < 4.78 is 17.5. The van der Waals surface area contributed by atoms with Crippen LogP contribution in [0.25, 0.3) is 0 Å². The zero-order valence-corrected chi connectivity index (χ0v) is 18.6. The van der Waals surface area contributed by atoms with Crippen LogP contribution in [0.4, 0.5) is 0 Å². The average Bonchev–Trinajstić information content (AvgIpc) is 3.22. The maximum absolute atomic E-state index is 6.61. The number of ether oxygens (including phenoxy) is 3. The van der Waals surface area contributed by atoms with Crippen molar-refractivity contribution in [3.8, 4) is 17.2 Å². The maximum Gasteiger partial charge on any atom is 0.198 e. The lowest BCUT2D eigenvalue weighted by Crippen LogP contribution is -2.54. The van der Waals surface area contributed by atoms with Crippen LogP contribution in [0.5, 0.6) is 17.2 Å². The van der Waals surface area contributed by atoms with Crippen LogP contribution in [0, 0.1) is 0 Å². The summed E-state index contributed by atoms with van der Waals surface area (Å²) in [5, 5.41) is 8.45. The van der Waals surface area contributed by atoms with Crippen molar-refractivity contribution in [1.29, 1.82) is 0 Å². The normalized spacial score (nSPS) is 21.5. The Morgan fingerprint density at radius 1 is 1.03 bits per heavy atom. The van der Waals surface area contributed by atoms with Gasteiger partial charge in [0.15, 0.2) is 17.2 Å². The van der Waals surface area contributed by atoms with E-state index >= 15 is 0 Å². The Kier molecular flexibility index (Phi) is 4.98. The van der Waals surface area contributed by atoms with Gasteiger partial charge in [0.05, 0.1) is 31.0 Å². The van der Waals surface area contributed by atoms with E-state index < -0.39 is 5.72 Å². The zero-order valence-electron chi connectivity index (χ0n) is 17.1. The molecule has 7 heteroatoms. The minimum absolute atomic E-state index is 0.0474. The first-order valence-electron chi connectivity index (χ1n) is 10.3. The fourth-order valence-electron chi connectivity index (χ4n) is 4.93. The molecule has 2 aliphatic heterocycles. The fourth-order valence-corrected chi connectivity index (χ4v) is 5.47. The smallest absolute Gasteiger partial charge is 0.198 e. The van der Waals surface area contributed by atoms with Crippen molar-refractivity contribution in [2.45, 2.75) is 50.3 Å². The van der Waals surface area contributed by atoms with E-state index in [0.29, 0.717) is 21.5 Å². The molecule has 5 nitrogen and oxygen atoms in total. The summed E-state index contributed by atoms with van der Waals surface area (Å²) >= 11 is 12.9. The first-order chi connectivity index (χ1) is 14.5. The first-order valence-corrected chi connectivity index (χ1v) is 11.1. The van der Waals surface area contributed by atoms with E-state index in [0.717, 1.165) is 54.7 Å². The highest BCUT2D eigenvalue weighted by molar-refractivity contribution is 6.35. The van der Waals surface area contributed by atoms with Crippen molar-refractivity contribution in [2.24, 2.45) is 5.10 Å². The molecule has 1 saturated carbocycles. The molecule has 1 aliphatic carbocycles. The highest BCUT2D eigenvalue weighted by Gasteiger charge is 2.51. The molecule has 3 aliphatic rings. The van der Waals surface area contributed by atoms with Crippen LogP contribution in [0.15, 0.2) is 35.4 Å². The van der Waals surface area contributed by atoms with Gasteiger partial charge in [-0.25, -0.2) is 5.01 Å². The minimum Gasteiger partial charge on any atom is -0.493 e. The summed E-state index contributed by atoms with van der Waals surface area (Å²) in [6.07, 6.45) is 6.08. The molecule has 158 valence electrons. The SMILES string of the molecule is COc1ccc(C2=NN3C(C2)c2cc(Cl)cc(Cl)c2OC32CCCCC2)cc1OC. The van der Waals surface area contributed by atoms with Gasteiger partial charge in [0.25, 0.3) is 0 Å². The molecular weight excluding hydrogens is 423 g/mol. The molecule has 2 heterocycles. The van der Waals surface area contributed by atoms with E-state index in [2.05, 4.69) is 5.01 Å². The topological polar surface area (TPSA) is 43.3 Å². The van der Waals surface area contributed by atoms with E-state index in [1.54, 1.807) is 20.3 Å². The van der Waals surface area contributed by atoms with Crippen molar-refractivity contribution in [2.75, 3.05) is 14.2 Å². The number of hydrogen-bond donors (Lipinski definition) is 0. The number of halogens is 2. The predicted octanol–water partition coefficient (Wildman–Crippen LogP) is 6.21. The van der Waals surface area contributed by atoms with Crippen LogP contribution in [0.1, 0.15) is 55.7 Å². The molecule has 1 atom stereocenters. The Hall–Kier alpha value is -2.11. The lowest BCUT2D eigenvalue weighted by atomic mass is 9.86. The van der Waals surface area contributed by atoms with Gasteiger partial charge in [0.2, 0.25) is 0 Å². The molecule has 0 aromatic heterocycles. The number of fused-ring (bicyclic) bond motifs is 4. The van der Waals surface area contributed by atoms with Crippen LogP contribution in [0.3, 0.4) is 0 Å². The zero-order chi connectivity index (χ0) is 20.9. The third kappa shape index (κ3) is 3.10. The van der Waals surface area contributed by atoms with E-state index in [1.165, 1.54) is 6.42 Å². The Bertz CT molecular complexity index is 1020. The van der Waals surface area contributed by atoms with Crippen LogP contribution < -0.4 is 14.2 Å². The molecule has 1 unspecified atom stereocenters. The quantitative estimate of drug-likeness (QED) is 0.561. The second-order valence-corrected chi connectivity index (χ2v) is 8.94. The van der Waals surface area contributed by atoms with Gasteiger partial charge in [-0.15, -0.1) is 0 Å². The highest BCUT2D eigenvalue weighted by Crippen LogP contribution is 2.53. The molecule has 0 radical (unpaired) electrons. The van der Waals surface area contributed by atoms with Crippen molar-refractivity contribution >= 4 is 28.9 Å². The molecule has 0 bridgehead atoms. The third-order valence-corrected chi connectivity index (χ3v) is 6.87. The molecule has 1 spiro atoms. The molecule has 0 saturated heterocycles. The third-order valence-electron chi connectivity index (χ3n) is 6.37. The number of rotatable bonds is 3. The summed E-state index contributed by atoms with van der Waals surface area (Å²) in [5.74, 6) is 2.15. The molecule has 2 aromatic carbocycles. The van der Waals surface area contributed by atoms with E-state index in [-0.39, 0.29) is 6.04 Å². The maximum atomic E-state index is 6.61. The molecule has 0 amide bonds. The lowest BCUT2D eigenvalue weighted by Gasteiger charge is -2.49. The molecule has 1 fully saturated rings. The minimum atomic E-state index is -0.453. The number of nitrogens with zero attached hydrogens (tertiary/aromatic N) is 2. The van der Waals surface area contributed by atoms with E-state index in [1.807, 2.05) is 24.3 Å². The van der Waals surface area contributed by atoms with Gasteiger partial charge in [-0.05, 0) is 43.2 Å². The van der Waals surface area contributed by atoms with Crippen LogP contribution in [0.2, 0.25) is 10.0 Å². The second-order valence-electron chi connectivity index (χ2n) is 8.10. The van der Waals surface area contributed by atoms with Crippen LogP contribution in [-0.4, -0.2) is 30.7 Å². The molecular formula is C23H24Cl2N2O3. The average molecular weight is 447 g/mol. The van der Waals surface area contributed by atoms with Crippen molar-refractivity contribution in [3.63, 3.8) is 0 Å². The molecule has 5 rings (SSSR count). The summed E-state index contributed by atoms with van der Waals surface area (Å²) in [4.78, 5) is 0. The number of hydrazone groups is 1. The Morgan fingerprint density at radius 2 is 1.80 bits per heavy atom. The van der Waals surface area contributed by atoms with Crippen molar-refractivity contribution in [3.05, 3.63) is 51.5 Å². The van der Waals surface area contributed by atoms with Crippen molar-refractivity contribution in [1.82, 2.24) is 5.01 Å². The Labute approximate surface area is 186 Å². The molecule has 2 aromatic rings. The number of benzene rings is 2. The highest BCUT2D eigenvalue weighted by atomic mass is 35.5. The standard InChI is InChI=1S/C23H24Cl2N2O3/c1-28-20-7-6-14(10-21(20)29-2)18-13-19-16-11-15(24)12-17(25)22(16)30-23(27(19)26-18)8-4-3-5-9-23/h6-7,10-12,19H,3-5,8-9,13H2,1-2H3. The number of methoxy groups -OCH3 is 2. The summed E-state index contributed by atoms with van der Waals surface area (Å²) in [6.45, 7) is 0. The number of hydrogen-bond acceptors (Lipinski definition) is 5. The lowest BCUT2D eigenvalue weighted by molar-refractivity contribution is -0.140. The van der Waals surface area contributed by atoms with Gasteiger partial charge in [-0.3, -0.25) is 0 Å². The van der Waals surface area contributed by atoms with E-state index in [4.69, 9.17) is 42.5 Å². The van der Waals surface area contributed by atoms with Crippen LogP contribution in [-0.2, 0) is 0 Å². The van der Waals surface area contributed by atoms with Crippen molar-refractivity contribution < 1.29 is 14.2 Å². The van der Waals surface area contributed by atoms with Gasteiger partial charge in [0.1, 0.15) is 5.75 Å². The largest absolute Gasteiger partial charge is 0.493 e. The monoisotopic (exact) mass is 446 g/mol. The van der Waals surface area contributed by atoms with Gasteiger partial charge >= 0.3 is 0 Å².